The van der Waals surface area contributed by atoms with Gasteiger partial charge in [0.05, 0.1) is 0 Å². The number of pyridine rings is 1. The van der Waals surface area contributed by atoms with E-state index in [0.29, 0.717) is 12.1 Å². The van der Waals surface area contributed by atoms with E-state index in [1.165, 1.54) is 5.56 Å². The van der Waals surface area contributed by atoms with E-state index in [1.54, 1.807) is 0 Å². The Morgan fingerprint density at radius 2 is 1.94 bits per heavy atom. The number of piperazine rings is 1. The van der Waals surface area contributed by atoms with Crippen molar-refractivity contribution in [3.05, 3.63) is 30.1 Å². The zero-order chi connectivity index (χ0) is 11.4. The molecule has 3 nitrogen and oxygen atoms in total. The van der Waals surface area contributed by atoms with Crippen molar-refractivity contribution in [2.75, 3.05) is 19.6 Å². The van der Waals surface area contributed by atoms with Crippen molar-refractivity contribution in [1.29, 1.82) is 0 Å². The van der Waals surface area contributed by atoms with E-state index in [1.807, 2.05) is 18.5 Å². The van der Waals surface area contributed by atoms with Gasteiger partial charge in [0.15, 0.2) is 0 Å². The predicted octanol–water partition coefficient (Wildman–Crippen LogP) is 2.15. The molecule has 0 aromatic carbocycles. The zero-order valence-corrected chi connectivity index (χ0v) is 12.6. The first-order valence-electron chi connectivity index (χ1n) is 6.11. The monoisotopic (exact) mass is 291 g/mol. The fourth-order valence-corrected chi connectivity index (χ4v) is 2.46. The van der Waals surface area contributed by atoms with Crippen LogP contribution >= 0.6 is 24.8 Å². The summed E-state index contributed by atoms with van der Waals surface area (Å²) in [5, 5.41) is 3.55. The number of hydrogen-bond donors (Lipinski definition) is 1. The maximum absolute atomic E-state index is 4.15. The second kappa shape index (κ2) is 8.70. The minimum Gasteiger partial charge on any atom is -0.309 e. The van der Waals surface area contributed by atoms with Crippen LogP contribution in [0, 0.1) is 0 Å². The molecule has 1 aliphatic rings. The number of hydrogen-bond acceptors (Lipinski definition) is 3. The van der Waals surface area contributed by atoms with Crippen LogP contribution < -0.4 is 5.32 Å². The van der Waals surface area contributed by atoms with Crippen molar-refractivity contribution in [3.8, 4) is 0 Å². The van der Waals surface area contributed by atoms with Crippen molar-refractivity contribution in [1.82, 2.24) is 15.2 Å². The van der Waals surface area contributed by atoms with Crippen molar-refractivity contribution in [2.45, 2.75) is 32.4 Å². The molecule has 0 radical (unpaired) electrons. The summed E-state index contributed by atoms with van der Waals surface area (Å²) >= 11 is 0. The van der Waals surface area contributed by atoms with Crippen molar-refractivity contribution >= 4 is 24.8 Å². The first-order chi connectivity index (χ1) is 7.74. The van der Waals surface area contributed by atoms with E-state index in [4.69, 9.17) is 0 Å². The van der Waals surface area contributed by atoms with E-state index in [9.17, 15) is 0 Å². The molecular weight excluding hydrogens is 269 g/mol. The molecule has 104 valence electrons. The van der Waals surface area contributed by atoms with Gasteiger partial charge in [0.2, 0.25) is 0 Å². The molecule has 18 heavy (non-hydrogen) atoms. The lowest BCUT2D eigenvalue weighted by Crippen LogP contribution is -2.54. The van der Waals surface area contributed by atoms with E-state index in [2.05, 4.69) is 35.1 Å². The topological polar surface area (TPSA) is 28.2 Å². The SMILES string of the molecule is CC1CN(CCc2cccnc2)CC(C)N1.Cl.Cl. The molecule has 1 saturated heterocycles. The second-order valence-corrected chi connectivity index (χ2v) is 4.84. The molecule has 2 heterocycles. The zero-order valence-electron chi connectivity index (χ0n) is 11.0. The summed E-state index contributed by atoms with van der Waals surface area (Å²) in [5.74, 6) is 0. The summed E-state index contributed by atoms with van der Waals surface area (Å²) < 4.78 is 0. The fraction of sp³-hybridized carbons (Fsp3) is 0.615. The number of nitrogens with zero attached hydrogens (tertiary/aromatic N) is 2. The fourth-order valence-electron chi connectivity index (χ4n) is 2.46. The Hall–Kier alpha value is -0.350. The van der Waals surface area contributed by atoms with Crippen LogP contribution in [0.3, 0.4) is 0 Å². The Morgan fingerprint density at radius 3 is 2.50 bits per heavy atom. The molecule has 0 spiro atoms. The molecule has 1 aromatic heterocycles. The third kappa shape index (κ3) is 5.53. The van der Waals surface area contributed by atoms with Gasteiger partial charge in [-0.05, 0) is 31.9 Å². The number of nitrogens with one attached hydrogen (secondary N) is 1. The average Bonchev–Trinajstić information content (AvgIpc) is 2.27. The highest BCUT2D eigenvalue weighted by atomic mass is 35.5. The maximum Gasteiger partial charge on any atom is 0.0300 e. The van der Waals surface area contributed by atoms with Gasteiger partial charge in [-0.3, -0.25) is 9.88 Å². The lowest BCUT2D eigenvalue weighted by Gasteiger charge is -2.36. The Labute approximate surface area is 122 Å². The van der Waals surface area contributed by atoms with Crippen LogP contribution in [-0.4, -0.2) is 41.6 Å². The summed E-state index contributed by atoms with van der Waals surface area (Å²) in [6.45, 7) is 7.97. The molecule has 1 fully saturated rings. The van der Waals surface area contributed by atoms with Gasteiger partial charge >= 0.3 is 0 Å². The second-order valence-electron chi connectivity index (χ2n) is 4.84. The summed E-state index contributed by atoms with van der Waals surface area (Å²) in [5.41, 5.74) is 1.33. The lowest BCUT2D eigenvalue weighted by molar-refractivity contribution is 0.175. The van der Waals surface area contributed by atoms with Gasteiger partial charge in [-0.2, -0.15) is 0 Å². The molecule has 2 atom stereocenters. The third-order valence-corrected chi connectivity index (χ3v) is 3.07. The van der Waals surface area contributed by atoms with Crippen LogP contribution in [0.2, 0.25) is 0 Å². The highest BCUT2D eigenvalue weighted by molar-refractivity contribution is 5.85. The molecular formula is C13H23Cl2N3. The first-order valence-corrected chi connectivity index (χ1v) is 6.11. The quantitative estimate of drug-likeness (QED) is 0.925. The number of aromatic nitrogens is 1. The third-order valence-electron chi connectivity index (χ3n) is 3.07. The molecule has 0 saturated carbocycles. The van der Waals surface area contributed by atoms with E-state index in [0.717, 1.165) is 26.1 Å². The van der Waals surface area contributed by atoms with Crippen molar-refractivity contribution in [2.24, 2.45) is 0 Å². The Kier molecular flexibility index (Phi) is 8.53. The predicted molar refractivity (Wildman–Crippen MR) is 80.9 cm³/mol. The molecule has 0 aliphatic carbocycles. The van der Waals surface area contributed by atoms with Gasteiger partial charge in [-0.25, -0.2) is 0 Å². The van der Waals surface area contributed by atoms with Crippen LogP contribution in [0.25, 0.3) is 0 Å². The van der Waals surface area contributed by atoms with Crippen molar-refractivity contribution < 1.29 is 0 Å². The standard InChI is InChI=1S/C13H21N3.2ClH/c1-11-9-16(10-12(2)15-11)7-5-13-4-3-6-14-8-13;;/h3-4,6,8,11-12,15H,5,7,9-10H2,1-2H3;2*1H. The van der Waals surface area contributed by atoms with E-state index < -0.39 is 0 Å². The molecule has 0 bridgehead atoms. The molecule has 5 heteroatoms. The summed E-state index contributed by atoms with van der Waals surface area (Å²) in [6, 6.07) is 5.38. The summed E-state index contributed by atoms with van der Waals surface area (Å²) in [7, 11) is 0. The summed E-state index contributed by atoms with van der Waals surface area (Å²) in [6.07, 6.45) is 4.90. The molecule has 2 rings (SSSR count). The first kappa shape index (κ1) is 17.6. The maximum atomic E-state index is 4.15. The van der Waals surface area contributed by atoms with Gasteiger partial charge in [-0.1, -0.05) is 6.07 Å². The van der Waals surface area contributed by atoms with Crippen molar-refractivity contribution in [3.63, 3.8) is 0 Å². The van der Waals surface area contributed by atoms with Crippen LogP contribution in [0.4, 0.5) is 0 Å². The normalized spacial score (nSPS) is 23.9. The van der Waals surface area contributed by atoms with Crippen LogP contribution in [0.5, 0.6) is 0 Å². The van der Waals surface area contributed by atoms with E-state index >= 15 is 0 Å². The van der Waals surface area contributed by atoms with Gasteiger partial charge < -0.3 is 5.32 Å². The summed E-state index contributed by atoms with van der Waals surface area (Å²) in [4.78, 5) is 6.69. The Bertz CT molecular complexity index is 311. The van der Waals surface area contributed by atoms with Crippen LogP contribution in [-0.2, 0) is 6.42 Å². The average molecular weight is 292 g/mol. The van der Waals surface area contributed by atoms with Gasteiger partial charge in [0, 0.05) is 44.1 Å². The Morgan fingerprint density at radius 1 is 1.28 bits per heavy atom. The molecule has 1 aliphatic heterocycles. The Balaban J connectivity index is 0.00000144. The smallest absolute Gasteiger partial charge is 0.0300 e. The highest BCUT2D eigenvalue weighted by Gasteiger charge is 2.20. The minimum atomic E-state index is 0. The largest absolute Gasteiger partial charge is 0.309 e. The minimum absolute atomic E-state index is 0. The molecule has 2 unspecified atom stereocenters. The number of halogens is 2. The van der Waals surface area contributed by atoms with Gasteiger partial charge in [0.25, 0.3) is 0 Å². The number of rotatable bonds is 3. The lowest BCUT2D eigenvalue weighted by atomic mass is 10.1. The van der Waals surface area contributed by atoms with Crippen LogP contribution in [0.1, 0.15) is 19.4 Å². The molecule has 0 amide bonds. The molecule has 1 N–H and O–H groups in total. The highest BCUT2D eigenvalue weighted by Crippen LogP contribution is 2.06. The molecule has 1 aromatic rings. The van der Waals surface area contributed by atoms with Gasteiger partial charge in [-0.15, -0.1) is 24.8 Å². The van der Waals surface area contributed by atoms with E-state index in [-0.39, 0.29) is 24.8 Å². The van der Waals surface area contributed by atoms with Crippen LogP contribution in [0.15, 0.2) is 24.5 Å². The van der Waals surface area contributed by atoms with Gasteiger partial charge in [0.1, 0.15) is 0 Å².